The van der Waals surface area contributed by atoms with E-state index in [-0.39, 0.29) is 5.56 Å². The number of benzene rings is 2. The quantitative estimate of drug-likeness (QED) is 0.534. The maximum Gasteiger partial charge on any atom is 0.254 e. The maximum atomic E-state index is 12.6. The number of H-pyrrole nitrogens is 1. The Morgan fingerprint density at radius 1 is 0.968 bits per heavy atom. The summed E-state index contributed by atoms with van der Waals surface area (Å²) in [7, 11) is 0. The number of pyridine rings is 1. The van der Waals surface area contributed by atoms with Gasteiger partial charge in [0.2, 0.25) is 0 Å². The van der Waals surface area contributed by atoms with Crippen LogP contribution >= 0.6 is 0 Å². The third kappa shape index (κ3) is 4.39. The summed E-state index contributed by atoms with van der Waals surface area (Å²) < 4.78 is 5.96. The summed E-state index contributed by atoms with van der Waals surface area (Å²) in [6, 6.07) is 23.5. The minimum absolute atomic E-state index is 0.0661. The van der Waals surface area contributed by atoms with E-state index in [0.29, 0.717) is 24.5 Å². The van der Waals surface area contributed by atoms with Crippen molar-refractivity contribution < 1.29 is 4.74 Å². The van der Waals surface area contributed by atoms with E-state index < -0.39 is 0 Å². The lowest BCUT2D eigenvalue weighted by molar-refractivity contribution is 0.240. The standard InChI is InChI=1S/C25H22N4O2/c30-25-21-12-14-29(17-23(21)27-24(28-25)22-11-4-5-13-26-22)16-18-7-6-10-20(15-18)31-19-8-2-1-3-9-19/h1-11,13,15H,12,14,16-17H2,(H,27,28,30). The summed E-state index contributed by atoms with van der Waals surface area (Å²) in [5, 5.41) is 0. The van der Waals surface area contributed by atoms with Crippen molar-refractivity contribution in [2.24, 2.45) is 0 Å². The second kappa shape index (κ2) is 8.53. The highest BCUT2D eigenvalue weighted by molar-refractivity contribution is 5.49. The van der Waals surface area contributed by atoms with Crippen LogP contribution < -0.4 is 10.3 Å². The van der Waals surface area contributed by atoms with Crippen molar-refractivity contribution >= 4 is 0 Å². The molecule has 4 aromatic rings. The number of hydrogen-bond donors (Lipinski definition) is 1. The summed E-state index contributed by atoms with van der Waals surface area (Å²) in [6.07, 6.45) is 2.38. The number of rotatable bonds is 5. The summed E-state index contributed by atoms with van der Waals surface area (Å²) in [5.41, 5.74) is 3.37. The van der Waals surface area contributed by atoms with Gasteiger partial charge in [0, 0.05) is 31.4 Å². The third-order valence-electron chi connectivity index (χ3n) is 5.34. The van der Waals surface area contributed by atoms with Gasteiger partial charge in [0.1, 0.15) is 17.2 Å². The lowest BCUT2D eigenvalue weighted by Crippen LogP contribution is -2.35. The normalized spacial score (nSPS) is 13.5. The first-order valence-corrected chi connectivity index (χ1v) is 10.3. The van der Waals surface area contributed by atoms with Gasteiger partial charge in [-0.05, 0) is 48.4 Å². The van der Waals surface area contributed by atoms with Crippen LogP contribution in [0.5, 0.6) is 11.5 Å². The van der Waals surface area contributed by atoms with Gasteiger partial charge in [-0.2, -0.15) is 0 Å². The number of nitrogens with zero attached hydrogens (tertiary/aromatic N) is 3. The first-order chi connectivity index (χ1) is 15.2. The average molecular weight is 410 g/mol. The van der Waals surface area contributed by atoms with Crippen LogP contribution in [0.15, 0.2) is 83.8 Å². The number of hydrogen-bond acceptors (Lipinski definition) is 5. The Morgan fingerprint density at radius 3 is 2.65 bits per heavy atom. The zero-order chi connectivity index (χ0) is 21.0. The summed E-state index contributed by atoms with van der Waals surface area (Å²) in [5.74, 6) is 2.15. The molecule has 0 spiro atoms. The smallest absolute Gasteiger partial charge is 0.254 e. The second-order valence-electron chi connectivity index (χ2n) is 7.58. The Balaban J connectivity index is 1.34. The molecule has 0 fully saturated rings. The summed E-state index contributed by atoms with van der Waals surface area (Å²) in [4.78, 5) is 26.8. The fraction of sp³-hybridized carbons (Fsp3) is 0.160. The lowest BCUT2D eigenvalue weighted by atomic mass is 10.1. The highest BCUT2D eigenvalue weighted by Crippen LogP contribution is 2.24. The number of para-hydroxylation sites is 1. The molecule has 154 valence electrons. The van der Waals surface area contributed by atoms with Gasteiger partial charge in [-0.25, -0.2) is 4.98 Å². The van der Waals surface area contributed by atoms with Crippen molar-refractivity contribution in [1.82, 2.24) is 19.9 Å². The minimum atomic E-state index is -0.0661. The molecule has 0 bridgehead atoms. The molecule has 0 unspecified atom stereocenters. The molecule has 5 rings (SSSR count). The summed E-state index contributed by atoms with van der Waals surface area (Å²) in [6.45, 7) is 2.20. The number of ether oxygens (including phenoxy) is 1. The molecule has 0 saturated heterocycles. The number of nitrogens with one attached hydrogen (secondary N) is 1. The van der Waals surface area contributed by atoms with Crippen molar-refractivity contribution in [2.75, 3.05) is 6.54 Å². The van der Waals surface area contributed by atoms with E-state index in [9.17, 15) is 4.79 Å². The van der Waals surface area contributed by atoms with Crippen LogP contribution in [0.2, 0.25) is 0 Å². The molecule has 3 heterocycles. The van der Waals surface area contributed by atoms with Crippen molar-refractivity contribution in [3.05, 3.63) is 106 Å². The van der Waals surface area contributed by atoms with Gasteiger partial charge in [-0.1, -0.05) is 36.4 Å². The molecule has 0 saturated carbocycles. The first kappa shape index (κ1) is 19.2. The van der Waals surface area contributed by atoms with Crippen LogP contribution in [0.4, 0.5) is 0 Å². The fourth-order valence-corrected chi connectivity index (χ4v) is 3.84. The number of fused-ring (bicyclic) bond motifs is 1. The van der Waals surface area contributed by atoms with Crippen LogP contribution in [0, 0.1) is 0 Å². The topological polar surface area (TPSA) is 71.1 Å². The summed E-state index contributed by atoms with van der Waals surface area (Å²) >= 11 is 0. The molecule has 1 N–H and O–H groups in total. The van der Waals surface area contributed by atoms with Crippen LogP contribution in [0.25, 0.3) is 11.5 Å². The zero-order valence-electron chi connectivity index (χ0n) is 17.0. The van der Waals surface area contributed by atoms with Crippen molar-refractivity contribution in [1.29, 1.82) is 0 Å². The Labute approximate surface area is 180 Å². The molecule has 0 aliphatic carbocycles. The largest absolute Gasteiger partial charge is 0.457 e. The Morgan fingerprint density at radius 2 is 1.81 bits per heavy atom. The maximum absolute atomic E-state index is 12.6. The Hall–Kier alpha value is -3.77. The van der Waals surface area contributed by atoms with E-state index in [1.165, 1.54) is 0 Å². The molecule has 0 atom stereocenters. The molecule has 2 aromatic heterocycles. The highest BCUT2D eigenvalue weighted by Gasteiger charge is 2.21. The van der Waals surface area contributed by atoms with E-state index in [4.69, 9.17) is 9.72 Å². The SMILES string of the molecule is O=c1[nH]c(-c2ccccn2)nc2c1CCN(Cc1cccc(Oc3ccccc3)c1)C2. The van der Waals surface area contributed by atoms with Crippen LogP contribution in [-0.2, 0) is 19.5 Å². The first-order valence-electron chi connectivity index (χ1n) is 10.3. The predicted molar refractivity (Wildman–Crippen MR) is 119 cm³/mol. The molecule has 31 heavy (non-hydrogen) atoms. The zero-order valence-corrected chi connectivity index (χ0v) is 17.0. The average Bonchev–Trinajstić information content (AvgIpc) is 2.80. The van der Waals surface area contributed by atoms with Gasteiger partial charge < -0.3 is 9.72 Å². The molecular weight excluding hydrogens is 388 g/mol. The molecule has 1 aliphatic rings. The Kier molecular flexibility index (Phi) is 5.29. The number of aromatic nitrogens is 3. The molecule has 0 amide bonds. The monoisotopic (exact) mass is 410 g/mol. The van der Waals surface area contributed by atoms with Gasteiger partial charge in [0.05, 0.1) is 5.69 Å². The van der Waals surface area contributed by atoms with E-state index >= 15 is 0 Å². The van der Waals surface area contributed by atoms with E-state index in [2.05, 4.69) is 27.0 Å². The number of aromatic amines is 1. The highest BCUT2D eigenvalue weighted by atomic mass is 16.5. The lowest BCUT2D eigenvalue weighted by Gasteiger charge is -2.27. The van der Waals surface area contributed by atoms with Crippen LogP contribution in [-0.4, -0.2) is 26.4 Å². The van der Waals surface area contributed by atoms with E-state index in [0.717, 1.165) is 41.4 Å². The second-order valence-corrected chi connectivity index (χ2v) is 7.58. The van der Waals surface area contributed by atoms with E-state index in [1.54, 1.807) is 6.20 Å². The minimum Gasteiger partial charge on any atom is -0.457 e. The van der Waals surface area contributed by atoms with Gasteiger partial charge in [0.15, 0.2) is 5.82 Å². The molecule has 6 heteroatoms. The molecule has 6 nitrogen and oxygen atoms in total. The van der Waals surface area contributed by atoms with Crippen molar-refractivity contribution in [2.45, 2.75) is 19.5 Å². The van der Waals surface area contributed by atoms with Gasteiger partial charge in [-0.15, -0.1) is 0 Å². The van der Waals surface area contributed by atoms with Crippen LogP contribution in [0.3, 0.4) is 0 Å². The fourth-order valence-electron chi connectivity index (χ4n) is 3.84. The molecule has 1 aliphatic heterocycles. The molecule has 2 aromatic carbocycles. The van der Waals surface area contributed by atoms with Gasteiger partial charge in [0.25, 0.3) is 5.56 Å². The van der Waals surface area contributed by atoms with E-state index in [1.807, 2.05) is 60.7 Å². The molecular formula is C25H22N4O2. The van der Waals surface area contributed by atoms with Crippen molar-refractivity contribution in [3.63, 3.8) is 0 Å². The van der Waals surface area contributed by atoms with Crippen LogP contribution in [0.1, 0.15) is 16.8 Å². The third-order valence-corrected chi connectivity index (χ3v) is 5.34. The Bertz CT molecular complexity index is 1240. The molecule has 0 radical (unpaired) electrons. The van der Waals surface area contributed by atoms with Gasteiger partial charge >= 0.3 is 0 Å². The predicted octanol–water partition coefficient (Wildman–Crippen LogP) is 4.18. The van der Waals surface area contributed by atoms with Crippen molar-refractivity contribution in [3.8, 4) is 23.0 Å². The van der Waals surface area contributed by atoms with Gasteiger partial charge in [-0.3, -0.25) is 14.7 Å².